The Labute approximate surface area is 126 Å². The van der Waals surface area contributed by atoms with Gasteiger partial charge in [-0.1, -0.05) is 35.8 Å². The standard InChI is InChI=1S/C15H17BrN2O2/c1-3-14(4-2)8-9-5-6-10(16)7-11(9)15(14)12(19)17-13(20)18-15/h5-7H,3-4,8H2,1-2H3,(H2,17,18,19,20). The summed E-state index contributed by atoms with van der Waals surface area (Å²) in [6, 6.07) is 5.61. The van der Waals surface area contributed by atoms with Gasteiger partial charge in [-0.2, -0.15) is 0 Å². The van der Waals surface area contributed by atoms with Crippen molar-refractivity contribution >= 4 is 27.9 Å². The van der Waals surface area contributed by atoms with Crippen molar-refractivity contribution in [3.8, 4) is 0 Å². The molecule has 2 N–H and O–H groups in total. The number of carbonyl (C=O) groups is 2. The van der Waals surface area contributed by atoms with Crippen LogP contribution < -0.4 is 10.6 Å². The predicted molar refractivity (Wildman–Crippen MR) is 79.2 cm³/mol. The third-order valence-electron chi connectivity index (χ3n) is 5.02. The molecule has 5 heteroatoms. The molecule has 1 aliphatic carbocycles. The van der Waals surface area contributed by atoms with Crippen LogP contribution in [0.5, 0.6) is 0 Å². The summed E-state index contributed by atoms with van der Waals surface area (Å²) in [5.74, 6) is -0.219. The summed E-state index contributed by atoms with van der Waals surface area (Å²) in [5.41, 5.74) is 0.896. The Balaban J connectivity index is 2.29. The highest BCUT2D eigenvalue weighted by molar-refractivity contribution is 9.10. The highest BCUT2D eigenvalue weighted by atomic mass is 79.9. The Morgan fingerprint density at radius 1 is 1.25 bits per heavy atom. The van der Waals surface area contributed by atoms with Gasteiger partial charge >= 0.3 is 6.03 Å². The van der Waals surface area contributed by atoms with Gasteiger partial charge in [-0.3, -0.25) is 10.1 Å². The molecule has 0 radical (unpaired) electrons. The summed E-state index contributed by atoms with van der Waals surface area (Å²) >= 11 is 3.47. The molecule has 1 atom stereocenters. The molecular weight excluding hydrogens is 320 g/mol. The van der Waals surface area contributed by atoms with Crippen molar-refractivity contribution in [1.29, 1.82) is 0 Å². The largest absolute Gasteiger partial charge is 0.322 e. The molecule has 3 amide bonds. The minimum absolute atomic E-state index is 0.219. The van der Waals surface area contributed by atoms with Gasteiger partial charge in [0.1, 0.15) is 0 Å². The number of amides is 3. The lowest BCUT2D eigenvalue weighted by atomic mass is 9.66. The number of rotatable bonds is 2. The Hall–Kier alpha value is -1.36. The SMILES string of the molecule is CCC1(CC)Cc2ccc(Br)cc2C12NC(=O)NC2=O. The zero-order chi connectivity index (χ0) is 14.5. The van der Waals surface area contributed by atoms with Crippen molar-refractivity contribution in [3.63, 3.8) is 0 Å². The van der Waals surface area contributed by atoms with Gasteiger partial charge in [-0.25, -0.2) is 4.79 Å². The molecule has 1 unspecified atom stereocenters. The molecule has 4 nitrogen and oxygen atoms in total. The average Bonchev–Trinajstić information content (AvgIpc) is 2.87. The van der Waals surface area contributed by atoms with Crippen LogP contribution in [0.3, 0.4) is 0 Å². The van der Waals surface area contributed by atoms with Gasteiger partial charge in [0, 0.05) is 9.89 Å². The van der Waals surface area contributed by atoms with Crippen molar-refractivity contribution in [2.45, 2.75) is 38.6 Å². The normalized spacial score (nSPS) is 26.6. The maximum Gasteiger partial charge on any atom is 0.322 e. The molecule has 3 rings (SSSR count). The van der Waals surface area contributed by atoms with Crippen LogP contribution in [0, 0.1) is 5.41 Å². The number of hydrogen-bond donors (Lipinski definition) is 2. The molecular formula is C15H17BrN2O2. The molecule has 1 spiro atoms. The van der Waals surface area contributed by atoms with E-state index < -0.39 is 11.6 Å². The van der Waals surface area contributed by atoms with Gasteiger partial charge in [0.2, 0.25) is 0 Å². The number of nitrogens with one attached hydrogen (secondary N) is 2. The van der Waals surface area contributed by atoms with Crippen molar-refractivity contribution in [1.82, 2.24) is 10.6 Å². The number of fused-ring (bicyclic) bond motifs is 2. The van der Waals surface area contributed by atoms with Crippen LogP contribution in [0.2, 0.25) is 0 Å². The number of hydrogen-bond acceptors (Lipinski definition) is 2. The first kappa shape index (κ1) is 13.6. The lowest BCUT2D eigenvalue weighted by molar-refractivity contribution is -0.129. The lowest BCUT2D eigenvalue weighted by Crippen LogP contribution is -2.54. The van der Waals surface area contributed by atoms with Crippen LogP contribution in [0.25, 0.3) is 0 Å². The van der Waals surface area contributed by atoms with E-state index in [1.165, 1.54) is 0 Å². The Bertz CT molecular complexity index is 610. The monoisotopic (exact) mass is 336 g/mol. The molecule has 1 saturated heterocycles. The number of urea groups is 1. The fourth-order valence-corrected chi connectivity index (χ4v) is 4.24. The molecule has 106 valence electrons. The Morgan fingerprint density at radius 3 is 2.50 bits per heavy atom. The second-order valence-electron chi connectivity index (χ2n) is 5.62. The van der Waals surface area contributed by atoms with Gasteiger partial charge in [0.25, 0.3) is 5.91 Å². The molecule has 1 aliphatic heterocycles. The predicted octanol–water partition coefficient (Wildman–Crippen LogP) is 2.85. The van der Waals surface area contributed by atoms with E-state index in [0.29, 0.717) is 0 Å². The van der Waals surface area contributed by atoms with E-state index in [1.807, 2.05) is 18.2 Å². The summed E-state index contributed by atoms with van der Waals surface area (Å²) < 4.78 is 0.924. The number of carbonyl (C=O) groups excluding carboxylic acids is 2. The van der Waals surface area contributed by atoms with Crippen LogP contribution in [-0.2, 0) is 16.8 Å². The minimum atomic E-state index is -0.924. The lowest BCUT2D eigenvalue weighted by Gasteiger charge is -2.40. The quantitative estimate of drug-likeness (QED) is 0.816. The maximum atomic E-state index is 12.6. The molecule has 20 heavy (non-hydrogen) atoms. The van der Waals surface area contributed by atoms with E-state index in [0.717, 1.165) is 34.9 Å². The topological polar surface area (TPSA) is 58.2 Å². The van der Waals surface area contributed by atoms with Gasteiger partial charge < -0.3 is 5.32 Å². The number of benzene rings is 1. The second-order valence-corrected chi connectivity index (χ2v) is 6.54. The van der Waals surface area contributed by atoms with E-state index in [1.54, 1.807) is 0 Å². The molecule has 0 bridgehead atoms. The van der Waals surface area contributed by atoms with Crippen LogP contribution >= 0.6 is 15.9 Å². The number of imide groups is 1. The maximum absolute atomic E-state index is 12.6. The summed E-state index contributed by atoms with van der Waals surface area (Å²) in [5, 5.41) is 5.36. The third kappa shape index (κ3) is 1.47. The van der Waals surface area contributed by atoms with E-state index in [-0.39, 0.29) is 11.3 Å². The van der Waals surface area contributed by atoms with Crippen molar-refractivity contribution < 1.29 is 9.59 Å². The van der Waals surface area contributed by atoms with E-state index in [9.17, 15) is 9.59 Å². The smallest absolute Gasteiger partial charge is 0.319 e. The van der Waals surface area contributed by atoms with Gasteiger partial charge in [0.05, 0.1) is 0 Å². The Morgan fingerprint density at radius 2 is 1.95 bits per heavy atom. The van der Waals surface area contributed by atoms with Crippen molar-refractivity contribution in [2.24, 2.45) is 5.41 Å². The second kappa shape index (κ2) is 4.32. The fourth-order valence-electron chi connectivity index (χ4n) is 3.88. The third-order valence-corrected chi connectivity index (χ3v) is 5.52. The van der Waals surface area contributed by atoms with Crippen LogP contribution in [0.4, 0.5) is 4.79 Å². The molecule has 1 aromatic carbocycles. The van der Waals surface area contributed by atoms with Gasteiger partial charge in [-0.05, 0) is 42.5 Å². The highest BCUT2D eigenvalue weighted by Crippen LogP contribution is 2.55. The Kier molecular flexibility index (Phi) is 2.94. The van der Waals surface area contributed by atoms with E-state index >= 15 is 0 Å². The zero-order valence-electron chi connectivity index (χ0n) is 11.5. The zero-order valence-corrected chi connectivity index (χ0v) is 13.1. The molecule has 0 saturated carbocycles. The summed E-state index contributed by atoms with van der Waals surface area (Å²) in [6.45, 7) is 4.17. The van der Waals surface area contributed by atoms with Crippen LogP contribution in [0.1, 0.15) is 37.8 Å². The highest BCUT2D eigenvalue weighted by Gasteiger charge is 2.64. The van der Waals surface area contributed by atoms with Crippen molar-refractivity contribution in [3.05, 3.63) is 33.8 Å². The van der Waals surface area contributed by atoms with Crippen LogP contribution in [-0.4, -0.2) is 11.9 Å². The fraction of sp³-hybridized carbons (Fsp3) is 0.467. The summed E-state index contributed by atoms with van der Waals surface area (Å²) in [4.78, 5) is 24.4. The van der Waals surface area contributed by atoms with E-state index in [4.69, 9.17) is 0 Å². The van der Waals surface area contributed by atoms with E-state index in [2.05, 4.69) is 40.4 Å². The average molecular weight is 337 g/mol. The summed E-state index contributed by atoms with van der Waals surface area (Å²) in [6.07, 6.45) is 2.49. The minimum Gasteiger partial charge on any atom is -0.319 e. The van der Waals surface area contributed by atoms with Gasteiger partial charge in [0.15, 0.2) is 5.54 Å². The first-order valence-electron chi connectivity index (χ1n) is 6.91. The first-order chi connectivity index (χ1) is 9.49. The molecule has 2 aliphatic rings. The number of halogens is 1. The molecule has 1 heterocycles. The van der Waals surface area contributed by atoms with Gasteiger partial charge in [-0.15, -0.1) is 0 Å². The summed E-state index contributed by atoms with van der Waals surface area (Å²) in [7, 11) is 0. The molecule has 1 aromatic rings. The first-order valence-corrected chi connectivity index (χ1v) is 7.71. The van der Waals surface area contributed by atoms with Crippen LogP contribution in [0.15, 0.2) is 22.7 Å². The van der Waals surface area contributed by atoms with Crippen molar-refractivity contribution in [2.75, 3.05) is 0 Å². The molecule has 0 aromatic heterocycles. The molecule has 1 fully saturated rings.